The summed E-state index contributed by atoms with van der Waals surface area (Å²) in [4.78, 5) is 27.4. The van der Waals surface area contributed by atoms with Crippen LogP contribution < -0.4 is 10.6 Å². The van der Waals surface area contributed by atoms with Crippen LogP contribution in [0.3, 0.4) is 0 Å². The number of hydrogen-bond acceptors (Lipinski definition) is 7. The molecule has 0 aliphatic carbocycles. The minimum atomic E-state index is -0.462. The third-order valence-electron chi connectivity index (χ3n) is 5.99. The molecule has 4 aromatic rings. The molecule has 0 saturated heterocycles. The highest BCUT2D eigenvalue weighted by atomic mass is 16.5. The van der Waals surface area contributed by atoms with Crippen molar-refractivity contribution in [3.05, 3.63) is 95.3 Å². The summed E-state index contributed by atoms with van der Waals surface area (Å²) in [6.07, 6.45) is 3.40. The van der Waals surface area contributed by atoms with Gasteiger partial charge in [-0.05, 0) is 55.6 Å². The van der Waals surface area contributed by atoms with E-state index >= 15 is 0 Å². The van der Waals surface area contributed by atoms with Crippen molar-refractivity contribution >= 4 is 45.3 Å². The second-order valence-electron chi connectivity index (χ2n) is 8.85. The fourth-order valence-corrected chi connectivity index (χ4v) is 4.30. The first-order chi connectivity index (χ1) is 17.4. The van der Waals surface area contributed by atoms with Gasteiger partial charge in [0.1, 0.15) is 0 Å². The molecule has 0 spiro atoms. The molecule has 3 aromatic carbocycles. The maximum atomic E-state index is 13.3. The second-order valence-corrected chi connectivity index (χ2v) is 8.85. The van der Waals surface area contributed by atoms with Gasteiger partial charge in [-0.15, -0.1) is 0 Å². The van der Waals surface area contributed by atoms with Crippen molar-refractivity contribution in [2.75, 3.05) is 31.8 Å². The molecule has 2 heterocycles. The maximum absolute atomic E-state index is 13.3. The van der Waals surface area contributed by atoms with Gasteiger partial charge in [0.15, 0.2) is 0 Å². The van der Waals surface area contributed by atoms with Gasteiger partial charge in [-0.1, -0.05) is 30.3 Å². The van der Waals surface area contributed by atoms with Crippen molar-refractivity contribution in [3.8, 4) is 0 Å². The summed E-state index contributed by atoms with van der Waals surface area (Å²) in [5.41, 5.74) is 5.62. The van der Waals surface area contributed by atoms with E-state index in [9.17, 15) is 9.59 Å². The van der Waals surface area contributed by atoms with Crippen LogP contribution in [-0.2, 0) is 16.1 Å². The van der Waals surface area contributed by atoms with E-state index in [2.05, 4.69) is 37.9 Å². The summed E-state index contributed by atoms with van der Waals surface area (Å²) in [5, 5.41) is 16.2. The van der Waals surface area contributed by atoms with Crippen molar-refractivity contribution in [2.45, 2.75) is 6.54 Å². The molecule has 0 atom stereocenters. The Kier molecular flexibility index (Phi) is 6.18. The van der Waals surface area contributed by atoms with E-state index in [1.54, 1.807) is 30.6 Å². The maximum Gasteiger partial charge on any atom is 0.337 e. The Bertz CT molecular complexity index is 1510. The lowest BCUT2D eigenvalue weighted by Crippen LogP contribution is -2.11. The molecular formula is C28H25N5O3. The van der Waals surface area contributed by atoms with Crippen LogP contribution >= 0.6 is 0 Å². The topological polar surface area (TPSA) is 96.4 Å². The first kappa shape index (κ1) is 23.2. The highest BCUT2D eigenvalue weighted by Gasteiger charge is 2.29. The summed E-state index contributed by atoms with van der Waals surface area (Å²) in [7, 11) is 5.39. The lowest BCUT2D eigenvalue weighted by atomic mass is 9.98. The van der Waals surface area contributed by atoms with Gasteiger partial charge in [0.25, 0.3) is 5.91 Å². The number of methoxy groups -OCH3 is 1. The molecule has 0 saturated carbocycles. The standard InChI is InChI=1S/C28H25N5O3/c1-33(2)16-17-4-9-22(10-5-17)31-26(18-6-7-20-14-29-30-15-21(20)12-18)25-23-11-8-19(28(35)36-3)13-24(23)32-27(25)34/h4-15,31H,16H2,1-3H3,(H,32,34). The minimum absolute atomic E-state index is 0.258. The van der Waals surface area contributed by atoms with Crippen molar-refractivity contribution in [1.82, 2.24) is 15.1 Å². The number of aromatic nitrogens is 2. The molecular weight excluding hydrogens is 454 g/mol. The molecule has 0 fully saturated rings. The summed E-state index contributed by atoms with van der Waals surface area (Å²) >= 11 is 0. The molecule has 180 valence electrons. The van der Waals surface area contributed by atoms with E-state index in [0.29, 0.717) is 28.1 Å². The predicted molar refractivity (Wildman–Crippen MR) is 140 cm³/mol. The van der Waals surface area contributed by atoms with Crippen molar-refractivity contribution in [1.29, 1.82) is 0 Å². The molecule has 8 heteroatoms. The van der Waals surface area contributed by atoms with E-state index in [0.717, 1.165) is 28.6 Å². The molecule has 0 radical (unpaired) electrons. The van der Waals surface area contributed by atoms with E-state index in [-0.39, 0.29) is 5.91 Å². The Morgan fingerprint density at radius 1 is 0.944 bits per heavy atom. The lowest BCUT2D eigenvalue weighted by Gasteiger charge is -2.16. The Hall–Kier alpha value is -4.56. The largest absolute Gasteiger partial charge is 0.465 e. The van der Waals surface area contributed by atoms with Gasteiger partial charge >= 0.3 is 5.97 Å². The first-order valence-electron chi connectivity index (χ1n) is 11.4. The molecule has 1 aliphatic heterocycles. The van der Waals surface area contributed by atoms with Crippen LogP contribution in [0, 0.1) is 0 Å². The Morgan fingerprint density at radius 2 is 1.67 bits per heavy atom. The molecule has 8 nitrogen and oxygen atoms in total. The van der Waals surface area contributed by atoms with Gasteiger partial charge in [0.05, 0.1) is 42.0 Å². The number of ether oxygens (including phenoxy) is 1. The quantitative estimate of drug-likeness (QED) is 0.312. The number of hydrogen-bond donors (Lipinski definition) is 2. The third-order valence-corrected chi connectivity index (χ3v) is 5.99. The summed E-state index contributed by atoms with van der Waals surface area (Å²) in [6, 6.07) is 19.1. The number of fused-ring (bicyclic) bond motifs is 2. The zero-order valence-electron chi connectivity index (χ0n) is 20.2. The molecule has 0 unspecified atom stereocenters. The summed E-state index contributed by atoms with van der Waals surface area (Å²) in [5.74, 6) is -0.719. The number of nitrogens with zero attached hydrogens (tertiary/aromatic N) is 3. The lowest BCUT2D eigenvalue weighted by molar-refractivity contribution is -0.110. The SMILES string of the molecule is COC(=O)c1ccc2c(c1)NC(=O)C2=C(Nc1ccc(CN(C)C)cc1)c1ccc2cnncc2c1. The average Bonchev–Trinajstić information content (AvgIpc) is 3.21. The van der Waals surface area contributed by atoms with Crippen LogP contribution in [0.25, 0.3) is 22.0 Å². The van der Waals surface area contributed by atoms with Crippen LogP contribution in [0.1, 0.15) is 27.0 Å². The molecule has 0 bridgehead atoms. The van der Waals surface area contributed by atoms with Gasteiger partial charge < -0.3 is 20.3 Å². The highest BCUT2D eigenvalue weighted by molar-refractivity contribution is 6.37. The average molecular weight is 480 g/mol. The third kappa shape index (κ3) is 4.54. The smallest absolute Gasteiger partial charge is 0.337 e. The van der Waals surface area contributed by atoms with E-state index in [1.807, 2.05) is 44.4 Å². The number of amides is 1. The molecule has 2 N–H and O–H groups in total. The van der Waals surface area contributed by atoms with Gasteiger partial charge in [0, 0.05) is 28.6 Å². The Balaban J connectivity index is 1.64. The number of nitrogens with one attached hydrogen (secondary N) is 2. The zero-order chi connectivity index (χ0) is 25.2. The van der Waals surface area contributed by atoms with Crippen LogP contribution in [0.5, 0.6) is 0 Å². The fraction of sp³-hybridized carbons (Fsp3) is 0.143. The van der Waals surface area contributed by atoms with Crippen LogP contribution in [-0.4, -0.2) is 48.2 Å². The van der Waals surface area contributed by atoms with Crippen LogP contribution in [0.4, 0.5) is 11.4 Å². The second kappa shape index (κ2) is 9.59. The van der Waals surface area contributed by atoms with E-state index in [1.165, 1.54) is 12.7 Å². The Morgan fingerprint density at radius 3 is 2.39 bits per heavy atom. The number of esters is 1. The molecule has 1 amide bonds. The molecule has 36 heavy (non-hydrogen) atoms. The monoisotopic (exact) mass is 479 g/mol. The normalized spacial score (nSPS) is 13.9. The number of rotatable bonds is 6. The van der Waals surface area contributed by atoms with Crippen molar-refractivity contribution < 1.29 is 14.3 Å². The number of benzene rings is 3. The summed E-state index contributed by atoms with van der Waals surface area (Å²) < 4.78 is 4.83. The van der Waals surface area contributed by atoms with Gasteiger partial charge in [0.2, 0.25) is 0 Å². The highest BCUT2D eigenvalue weighted by Crippen LogP contribution is 2.38. The zero-order valence-corrected chi connectivity index (χ0v) is 20.2. The Labute approximate surface area is 208 Å². The van der Waals surface area contributed by atoms with Crippen LogP contribution in [0.2, 0.25) is 0 Å². The van der Waals surface area contributed by atoms with Gasteiger partial charge in [-0.3, -0.25) is 4.79 Å². The predicted octanol–water partition coefficient (Wildman–Crippen LogP) is 4.41. The molecule has 5 rings (SSSR count). The van der Waals surface area contributed by atoms with Crippen molar-refractivity contribution in [3.63, 3.8) is 0 Å². The van der Waals surface area contributed by atoms with Gasteiger partial charge in [-0.2, -0.15) is 10.2 Å². The number of anilines is 2. The minimum Gasteiger partial charge on any atom is -0.465 e. The number of carbonyl (C=O) groups is 2. The molecule has 1 aliphatic rings. The first-order valence-corrected chi connectivity index (χ1v) is 11.4. The van der Waals surface area contributed by atoms with E-state index in [4.69, 9.17) is 4.74 Å². The molecule has 1 aromatic heterocycles. The van der Waals surface area contributed by atoms with Crippen molar-refractivity contribution in [2.24, 2.45) is 0 Å². The van der Waals surface area contributed by atoms with Gasteiger partial charge in [-0.25, -0.2) is 4.79 Å². The summed E-state index contributed by atoms with van der Waals surface area (Å²) in [6.45, 7) is 0.832. The number of carbonyl (C=O) groups excluding carboxylic acids is 2. The van der Waals surface area contributed by atoms with Crippen LogP contribution in [0.15, 0.2) is 73.1 Å². The fourth-order valence-electron chi connectivity index (χ4n) is 4.30. The van der Waals surface area contributed by atoms with E-state index < -0.39 is 5.97 Å².